The molecule has 0 spiro atoms. The van der Waals surface area contributed by atoms with Crippen LogP contribution in [0.25, 0.3) is 0 Å². The van der Waals surface area contributed by atoms with Crippen molar-refractivity contribution in [2.24, 2.45) is 0 Å². The van der Waals surface area contributed by atoms with Gasteiger partial charge in [-0.25, -0.2) is 0 Å². The van der Waals surface area contributed by atoms with Crippen molar-refractivity contribution in [3.63, 3.8) is 0 Å². The van der Waals surface area contributed by atoms with Crippen LogP contribution < -0.4 is 9.47 Å². The lowest BCUT2D eigenvalue weighted by Gasteiger charge is -2.40. The standard InChI is InChI=1S/C24H33NO3/c1-17-18(2)23-21(11-12-24(4,28-23)16-25(5)13-14-26)19(3)22(17)27-15-20-9-7-6-8-10-20/h6-10,26H,11-16H2,1-5H3. The molecule has 1 heterocycles. The lowest BCUT2D eigenvalue weighted by Crippen LogP contribution is -2.47. The molecule has 0 radical (unpaired) electrons. The maximum absolute atomic E-state index is 9.19. The van der Waals surface area contributed by atoms with E-state index in [1.54, 1.807) is 0 Å². The lowest BCUT2D eigenvalue weighted by molar-refractivity contribution is 0.0278. The highest BCUT2D eigenvalue weighted by Crippen LogP contribution is 2.44. The van der Waals surface area contributed by atoms with E-state index in [0.717, 1.165) is 36.4 Å². The summed E-state index contributed by atoms with van der Waals surface area (Å²) in [6, 6.07) is 10.3. The molecule has 1 aliphatic heterocycles. The second kappa shape index (κ2) is 8.54. The van der Waals surface area contributed by atoms with E-state index in [9.17, 15) is 5.11 Å². The first kappa shape index (κ1) is 20.7. The Hall–Kier alpha value is -2.04. The average molecular weight is 384 g/mol. The first-order chi connectivity index (χ1) is 13.3. The van der Waals surface area contributed by atoms with Crippen LogP contribution in [0.2, 0.25) is 0 Å². The summed E-state index contributed by atoms with van der Waals surface area (Å²) >= 11 is 0. The Morgan fingerprint density at radius 2 is 1.82 bits per heavy atom. The normalized spacial score (nSPS) is 18.7. The van der Waals surface area contributed by atoms with Crippen molar-refractivity contribution in [1.29, 1.82) is 0 Å². The molecule has 0 amide bonds. The van der Waals surface area contributed by atoms with Crippen LogP contribution in [0.3, 0.4) is 0 Å². The number of fused-ring (bicyclic) bond motifs is 1. The van der Waals surface area contributed by atoms with Crippen molar-refractivity contribution in [2.45, 2.75) is 52.7 Å². The molecule has 152 valence electrons. The highest BCUT2D eigenvalue weighted by Gasteiger charge is 2.35. The largest absolute Gasteiger partial charge is 0.488 e. The van der Waals surface area contributed by atoms with Gasteiger partial charge in [-0.05, 0) is 69.8 Å². The summed E-state index contributed by atoms with van der Waals surface area (Å²) in [5.74, 6) is 2.01. The Morgan fingerprint density at radius 1 is 1.11 bits per heavy atom. The van der Waals surface area contributed by atoms with E-state index in [0.29, 0.717) is 13.2 Å². The topological polar surface area (TPSA) is 41.9 Å². The minimum atomic E-state index is -0.243. The Kier molecular flexibility index (Phi) is 6.31. The van der Waals surface area contributed by atoms with E-state index in [1.807, 2.05) is 25.2 Å². The van der Waals surface area contributed by atoms with E-state index in [1.165, 1.54) is 22.3 Å². The Labute approximate surface area is 169 Å². The van der Waals surface area contributed by atoms with Crippen LogP contribution in [-0.4, -0.2) is 42.4 Å². The van der Waals surface area contributed by atoms with Gasteiger partial charge in [0.25, 0.3) is 0 Å². The second-order valence-electron chi connectivity index (χ2n) is 8.30. The monoisotopic (exact) mass is 383 g/mol. The highest BCUT2D eigenvalue weighted by molar-refractivity contribution is 5.59. The minimum Gasteiger partial charge on any atom is -0.488 e. The summed E-state index contributed by atoms with van der Waals surface area (Å²) in [5, 5.41) is 9.19. The quantitative estimate of drug-likeness (QED) is 0.778. The summed E-state index contributed by atoms with van der Waals surface area (Å²) in [6.45, 7) is 10.8. The molecule has 0 saturated carbocycles. The molecule has 1 aliphatic rings. The molecule has 0 saturated heterocycles. The van der Waals surface area contributed by atoms with Gasteiger partial charge in [-0.3, -0.25) is 0 Å². The zero-order valence-corrected chi connectivity index (χ0v) is 17.8. The molecule has 1 unspecified atom stereocenters. The van der Waals surface area contributed by atoms with Gasteiger partial charge < -0.3 is 19.5 Å². The van der Waals surface area contributed by atoms with Crippen LogP contribution in [0.15, 0.2) is 30.3 Å². The molecule has 1 N–H and O–H groups in total. The summed E-state index contributed by atoms with van der Waals surface area (Å²) in [4.78, 5) is 2.14. The predicted octanol–water partition coefficient (Wildman–Crippen LogP) is 4.20. The van der Waals surface area contributed by atoms with Gasteiger partial charge in [0.1, 0.15) is 23.7 Å². The third-order valence-corrected chi connectivity index (χ3v) is 5.88. The van der Waals surface area contributed by atoms with E-state index in [-0.39, 0.29) is 12.2 Å². The summed E-state index contributed by atoms with van der Waals surface area (Å²) < 4.78 is 12.8. The van der Waals surface area contributed by atoms with E-state index < -0.39 is 0 Å². The van der Waals surface area contributed by atoms with E-state index in [4.69, 9.17) is 9.47 Å². The first-order valence-corrected chi connectivity index (χ1v) is 10.1. The maximum Gasteiger partial charge on any atom is 0.127 e. The SMILES string of the molecule is Cc1c(C)c2c(c(C)c1OCc1ccccc1)CCC(C)(CN(C)CCO)O2. The lowest BCUT2D eigenvalue weighted by atomic mass is 9.87. The Bertz CT molecular complexity index is 819. The van der Waals surface area contributed by atoms with E-state index in [2.05, 4.69) is 44.7 Å². The number of aliphatic hydroxyl groups excluding tert-OH is 1. The number of hydrogen-bond donors (Lipinski definition) is 1. The van der Waals surface area contributed by atoms with Crippen molar-refractivity contribution >= 4 is 0 Å². The molecule has 28 heavy (non-hydrogen) atoms. The van der Waals surface area contributed by atoms with E-state index >= 15 is 0 Å². The first-order valence-electron chi connectivity index (χ1n) is 10.1. The van der Waals surface area contributed by atoms with Crippen LogP contribution in [0.4, 0.5) is 0 Å². The number of benzene rings is 2. The van der Waals surface area contributed by atoms with Gasteiger partial charge in [-0.2, -0.15) is 0 Å². The maximum atomic E-state index is 9.19. The highest BCUT2D eigenvalue weighted by atomic mass is 16.5. The zero-order valence-electron chi connectivity index (χ0n) is 17.8. The molecule has 2 aromatic carbocycles. The fourth-order valence-electron chi connectivity index (χ4n) is 4.16. The minimum absolute atomic E-state index is 0.169. The van der Waals surface area contributed by atoms with Crippen molar-refractivity contribution in [2.75, 3.05) is 26.7 Å². The van der Waals surface area contributed by atoms with Gasteiger partial charge in [0.15, 0.2) is 0 Å². The average Bonchev–Trinajstić information content (AvgIpc) is 2.67. The molecular formula is C24H33NO3. The molecule has 2 aromatic rings. The van der Waals surface area contributed by atoms with Crippen LogP contribution in [0.5, 0.6) is 11.5 Å². The molecule has 4 nitrogen and oxygen atoms in total. The molecule has 0 aliphatic carbocycles. The molecule has 3 rings (SSSR count). The van der Waals surface area contributed by atoms with Crippen LogP contribution in [0, 0.1) is 20.8 Å². The van der Waals surface area contributed by atoms with Crippen molar-refractivity contribution < 1.29 is 14.6 Å². The van der Waals surface area contributed by atoms with Gasteiger partial charge in [0.05, 0.1) is 6.61 Å². The summed E-state index contributed by atoms with van der Waals surface area (Å²) in [6.07, 6.45) is 1.94. The Balaban J connectivity index is 1.84. The molecule has 4 heteroatoms. The fourth-order valence-corrected chi connectivity index (χ4v) is 4.16. The van der Waals surface area contributed by atoms with Gasteiger partial charge in [-0.15, -0.1) is 0 Å². The molecule has 0 fully saturated rings. The van der Waals surface area contributed by atoms with Gasteiger partial charge in [-0.1, -0.05) is 30.3 Å². The number of nitrogens with zero attached hydrogens (tertiary/aromatic N) is 1. The van der Waals surface area contributed by atoms with Crippen molar-refractivity contribution in [3.8, 4) is 11.5 Å². The predicted molar refractivity (Wildman–Crippen MR) is 113 cm³/mol. The summed E-state index contributed by atoms with van der Waals surface area (Å²) in [7, 11) is 2.03. The number of ether oxygens (including phenoxy) is 2. The number of hydrogen-bond acceptors (Lipinski definition) is 4. The smallest absolute Gasteiger partial charge is 0.127 e. The molecule has 1 atom stereocenters. The number of rotatable bonds is 7. The van der Waals surface area contributed by atoms with Crippen LogP contribution in [0.1, 0.15) is 41.2 Å². The van der Waals surface area contributed by atoms with Crippen molar-refractivity contribution in [3.05, 3.63) is 58.1 Å². The fraction of sp³-hybridized carbons (Fsp3) is 0.500. The molecule has 0 aromatic heterocycles. The Morgan fingerprint density at radius 3 is 2.50 bits per heavy atom. The van der Waals surface area contributed by atoms with Crippen LogP contribution >= 0.6 is 0 Å². The number of likely N-dealkylation sites (N-methyl/N-ethyl adjacent to an activating group) is 1. The third-order valence-electron chi connectivity index (χ3n) is 5.88. The van der Waals surface area contributed by atoms with Gasteiger partial charge in [0.2, 0.25) is 0 Å². The van der Waals surface area contributed by atoms with Crippen molar-refractivity contribution in [1.82, 2.24) is 4.90 Å². The summed E-state index contributed by atoms with van der Waals surface area (Å²) in [5.41, 5.74) is 5.72. The number of aliphatic hydroxyl groups is 1. The third kappa shape index (κ3) is 4.34. The second-order valence-corrected chi connectivity index (χ2v) is 8.30. The van der Waals surface area contributed by atoms with Crippen LogP contribution in [-0.2, 0) is 13.0 Å². The molecular weight excluding hydrogens is 350 g/mol. The van der Waals surface area contributed by atoms with Gasteiger partial charge in [0, 0.05) is 18.7 Å². The van der Waals surface area contributed by atoms with Gasteiger partial charge >= 0.3 is 0 Å². The molecule has 0 bridgehead atoms. The zero-order chi connectivity index (χ0) is 20.3.